The van der Waals surface area contributed by atoms with Gasteiger partial charge in [-0.15, -0.1) is 0 Å². The second-order valence-electron chi connectivity index (χ2n) is 6.15. The van der Waals surface area contributed by atoms with E-state index >= 15 is 0 Å². The zero-order valence-corrected chi connectivity index (χ0v) is 21.0. The van der Waals surface area contributed by atoms with Crippen molar-refractivity contribution in [1.29, 1.82) is 0 Å². The molecule has 27 heavy (non-hydrogen) atoms. The Morgan fingerprint density at radius 1 is 1.04 bits per heavy atom. The Morgan fingerprint density at radius 3 is 1.93 bits per heavy atom. The number of aliphatic carboxylic acids is 2. The zero-order valence-electron chi connectivity index (χ0n) is 15.3. The van der Waals surface area contributed by atoms with Crippen LogP contribution in [-0.2, 0) is 77.7 Å². The molecule has 1 radical (unpaired) electrons. The van der Waals surface area contributed by atoms with Crippen LogP contribution in [0.2, 0.25) is 0 Å². The van der Waals surface area contributed by atoms with E-state index in [1.54, 1.807) is 13.8 Å². The minimum atomic E-state index is -1.53. The van der Waals surface area contributed by atoms with E-state index in [-0.39, 0.29) is 72.5 Å². The van der Waals surface area contributed by atoms with Crippen molar-refractivity contribution in [3.05, 3.63) is 12.7 Å². The minimum absolute atomic E-state index is 0. The molecule has 0 heterocycles. The quantitative estimate of drug-likeness (QED) is 0.270. The number of nitrogens with one attached hydrogen (secondary N) is 2. The molecule has 0 aromatic heterocycles. The van der Waals surface area contributed by atoms with Gasteiger partial charge in [-0.05, 0) is 12.3 Å². The predicted octanol–water partition coefficient (Wildman–Crippen LogP) is 0.861. The third-order valence-electron chi connectivity index (χ3n) is 3.60. The Kier molecular flexibility index (Phi) is 17.6. The van der Waals surface area contributed by atoms with Crippen LogP contribution in [0.15, 0.2) is 0 Å². The molecule has 0 saturated heterocycles. The number of ketones is 2. The first kappa shape index (κ1) is 31.1. The summed E-state index contributed by atoms with van der Waals surface area (Å²) in [5.74, 6) is -5.76. The number of carbonyl (C=O) groups is 5. The van der Waals surface area contributed by atoms with Gasteiger partial charge in [0, 0.05) is 84.7 Å². The molecule has 9 nitrogen and oxygen atoms in total. The molecule has 3 atom stereocenters. The van der Waals surface area contributed by atoms with Gasteiger partial charge in [-0.3, -0.25) is 14.4 Å². The number of hydrogen-bond donors (Lipinski definition) is 3. The largest absolute Gasteiger partial charge is 0.668 e. The van der Waals surface area contributed by atoms with Gasteiger partial charge in [-0.1, -0.05) is 19.9 Å². The molecule has 151 valence electrons. The SMILES string of the molecule is [CH2-]C(=O)[C@@H](NC(=O)[C@H](CCC(=O)O)CC(=O)[C@@H]([NH-])CC(=O)O)C(C)C.[W].[Y]. The number of carbonyl (C=O) groups excluding carboxylic acids is 3. The van der Waals surface area contributed by atoms with Crippen molar-refractivity contribution < 1.29 is 88.0 Å². The van der Waals surface area contributed by atoms with E-state index in [2.05, 4.69) is 12.2 Å². The molecular formula is C16H24N2O7WY-2. The van der Waals surface area contributed by atoms with Crippen LogP contribution in [0.3, 0.4) is 0 Å². The summed E-state index contributed by atoms with van der Waals surface area (Å²) >= 11 is 0. The van der Waals surface area contributed by atoms with Crippen molar-refractivity contribution in [2.75, 3.05) is 0 Å². The van der Waals surface area contributed by atoms with Crippen LogP contribution >= 0.6 is 0 Å². The first-order valence-electron chi connectivity index (χ1n) is 7.79. The first-order valence-corrected chi connectivity index (χ1v) is 7.79. The summed E-state index contributed by atoms with van der Waals surface area (Å²) in [5.41, 5.74) is 7.49. The second-order valence-corrected chi connectivity index (χ2v) is 6.15. The normalized spacial score (nSPS) is 13.3. The molecule has 0 aliphatic heterocycles. The Labute approximate surface area is 197 Å². The topological polar surface area (TPSA) is 162 Å². The van der Waals surface area contributed by atoms with E-state index < -0.39 is 60.3 Å². The van der Waals surface area contributed by atoms with Crippen molar-refractivity contribution in [3.63, 3.8) is 0 Å². The van der Waals surface area contributed by atoms with Crippen LogP contribution in [0, 0.1) is 18.8 Å². The van der Waals surface area contributed by atoms with Gasteiger partial charge < -0.3 is 37.8 Å². The average Bonchev–Trinajstić information content (AvgIpc) is 2.46. The number of amides is 1. The van der Waals surface area contributed by atoms with E-state index in [0.717, 1.165) is 0 Å². The molecule has 0 saturated carbocycles. The van der Waals surface area contributed by atoms with Gasteiger partial charge in [0.15, 0.2) is 0 Å². The summed E-state index contributed by atoms with van der Waals surface area (Å²) < 4.78 is 0. The number of carboxylic acid groups (broad SMARTS) is 2. The number of rotatable bonds is 12. The van der Waals surface area contributed by atoms with E-state index in [1.165, 1.54) is 0 Å². The Morgan fingerprint density at radius 2 is 1.56 bits per heavy atom. The molecule has 0 spiro atoms. The summed E-state index contributed by atoms with van der Waals surface area (Å²) in [5, 5.41) is 19.8. The van der Waals surface area contributed by atoms with E-state index in [1.807, 2.05) is 0 Å². The molecule has 0 fully saturated rings. The molecule has 0 rings (SSSR count). The first-order chi connectivity index (χ1) is 11.5. The van der Waals surface area contributed by atoms with Gasteiger partial charge in [-0.25, -0.2) is 0 Å². The van der Waals surface area contributed by atoms with Crippen LogP contribution in [0.4, 0.5) is 0 Å². The number of hydrogen-bond acceptors (Lipinski definition) is 5. The fraction of sp³-hybridized carbons (Fsp3) is 0.625. The molecule has 11 heteroatoms. The number of Topliss-reactive ketones (excluding diaryl/α,β-unsaturated/α-hetero) is 2. The smallest absolute Gasteiger partial charge is 0.303 e. The third-order valence-corrected chi connectivity index (χ3v) is 3.60. The molecular weight excluding hydrogens is 605 g/mol. The molecule has 4 N–H and O–H groups in total. The number of carboxylic acids is 2. The maximum absolute atomic E-state index is 12.3. The maximum Gasteiger partial charge on any atom is 0.303 e. The van der Waals surface area contributed by atoms with Crippen molar-refractivity contribution in [3.8, 4) is 0 Å². The van der Waals surface area contributed by atoms with Crippen LogP contribution in [0.1, 0.15) is 39.5 Å². The van der Waals surface area contributed by atoms with Crippen molar-refractivity contribution >= 4 is 29.4 Å². The van der Waals surface area contributed by atoms with Gasteiger partial charge >= 0.3 is 11.9 Å². The monoisotopic (exact) mass is 629 g/mol. The summed E-state index contributed by atoms with van der Waals surface area (Å²) in [4.78, 5) is 57.1. The molecule has 0 aliphatic rings. The molecule has 0 aromatic carbocycles. The van der Waals surface area contributed by atoms with Gasteiger partial charge in [0.2, 0.25) is 5.91 Å². The van der Waals surface area contributed by atoms with Crippen molar-refractivity contribution in [2.45, 2.75) is 51.6 Å². The van der Waals surface area contributed by atoms with Crippen molar-refractivity contribution in [1.82, 2.24) is 5.32 Å². The van der Waals surface area contributed by atoms with Crippen LogP contribution in [-0.4, -0.2) is 51.7 Å². The molecule has 1 amide bonds. The second kappa shape index (κ2) is 15.3. The molecule has 0 aromatic rings. The predicted molar refractivity (Wildman–Crippen MR) is 87.5 cm³/mol. The maximum atomic E-state index is 12.3. The van der Waals surface area contributed by atoms with Gasteiger partial charge in [0.25, 0.3) is 0 Å². The van der Waals surface area contributed by atoms with Crippen LogP contribution < -0.4 is 5.32 Å². The molecule has 0 unspecified atom stereocenters. The standard InChI is InChI=1S/C16H24N2O7.W.Y/c1-8(2)15(9(3)19)18-16(25)10(4-5-13(21)22)6-12(20)11(17)7-14(23)24;;/h8,10-11,15,17H,3-7H2,1-2H3,(H,18,25)(H,21,22)(H,23,24);;/q-2;;/t10-,11+,15+;;/m1../s1. The zero-order chi connectivity index (χ0) is 19.7. The fourth-order valence-corrected chi connectivity index (χ4v) is 2.19. The Hall–Kier alpha value is -0.628. The Bertz CT molecular complexity index is 543. The summed E-state index contributed by atoms with van der Waals surface area (Å²) in [7, 11) is 0. The summed E-state index contributed by atoms with van der Waals surface area (Å²) in [6.45, 7) is 6.64. The van der Waals surface area contributed by atoms with Gasteiger partial charge in [0.1, 0.15) is 5.78 Å². The third kappa shape index (κ3) is 13.2. The van der Waals surface area contributed by atoms with Gasteiger partial charge in [-0.2, -0.15) is 0 Å². The van der Waals surface area contributed by atoms with Crippen LogP contribution in [0.5, 0.6) is 0 Å². The van der Waals surface area contributed by atoms with Gasteiger partial charge in [0.05, 0.1) is 6.04 Å². The summed E-state index contributed by atoms with van der Waals surface area (Å²) in [6, 6.07) is -2.41. The average molecular weight is 629 g/mol. The van der Waals surface area contributed by atoms with Crippen molar-refractivity contribution in [2.24, 2.45) is 11.8 Å². The summed E-state index contributed by atoms with van der Waals surface area (Å²) in [6.07, 6.45) is -1.70. The minimum Gasteiger partial charge on any atom is -0.668 e. The van der Waals surface area contributed by atoms with E-state index in [0.29, 0.717) is 0 Å². The van der Waals surface area contributed by atoms with Crippen LogP contribution in [0.25, 0.3) is 5.73 Å². The molecule has 0 aliphatic carbocycles. The Balaban J connectivity index is -0.00000288. The molecule has 0 bridgehead atoms. The van der Waals surface area contributed by atoms with E-state index in [4.69, 9.17) is 15.9 Å². The van der Waals surface area contributed by atoms with E-state index in [9.17, 15) is 24.0 Å². The fourth-order valence-electron chi connectivity index (χ4n) is 2.19.